The first-order valence-corrected chi connectivity index (χ1v) is 17.2. The molecule has 0 unspecified atom stereocenters. The van der Waals surface area contributed by atoms with E-state index in [9.17, 15) is 0 Å². The van der Waals surface area contributed by atoms with Gasteiger partial charge in [-0.3, -0.25) is 15.0 Å². The lowest BCUT2D eigenvalue weighted by molar-refractivity contribution is 1.07. The van der Waals surface area contributed by atoms with Crippen LogP contribution in [0.5, 0.6) is 0 Å². The van der Waals surface area contributed by atoms with Gasteiger partial charge in [-0.05, 0) is 88.5 Å². The zero-order chi connectivity index (χ0) is 34.4. The summed E-state index contributed by atoms with van der Waals surface area (Å²) in [5.41, 5.74) is 12.5. The summed E-state index contributed by atoms with van der Waals surface area (Å²) in [5.74, 6) is 3.90. The number of allylic oxidation sites excluding steroid dienone is 2. The van der Waals surface area contributed by atoms with Gasteiger partial charge in [0, 0.05) is 69.9 Å². The Balaban J connectivity index is 1.29. The van der Waals surface area contributed by atoms with Crippen LogP contribution in [0.15, 0.2) is 171 Å². The summed E-state index contributed by atoms with van der Waals surface area (Å²) in [5, 5.41) is 1.07. The van der Waals surface area contributed by atoms with Crippen LogP contribution in [0.1, 0.15) is 0 Å². The molecule has 52 heavy (non-hydrogen) atoms. The van der Waals surface area contributed by atoms with E-state index in [1.165, 1.54) is 22.2 Å². The fourth-order valence-corrected chi connectivity index (χ4v) is 7.35. The summed E-state index contributed by atoms with van der Waals surface area (Å²) in [4.78, 5) is 31.1. The fraction of sp³-hybridized carbons (Fsp3) is 0. The monoisotopic (exact) mass is 665 g/mol. The second kappa shape index (κ2) is 12.4. The molecule has 0 spiro atoms. The Morgan fingerprint density at radius 1 is 0.500 bits per heavy atom. The summed E-state index contributed by atoms with van der Waals surface area (Å²) in [6.45, 7) is 0.0151. The molecule has 0 atom stereocenters. The topological polar surface area (TPSA) is 80.6 Å². The lowest BCUT2D eigenvalue weighted by atomic mass is 9.49. The van der Waals surface area contributed by atoms with Gasteiger partial charge < -0.3 is 4.81 Å². The number of anilines is 1. The molecule has 0 saturated heterocycles. The van der Waals surface area contributed by atoms with Crippen molar-refractivity contribution in [2.45, 2.75) is 0 Å². The van der Waals surface area contributed by atoms with Crippen LogP contribution in [0.3, 0.4) is 0 Å². The van der Waals surface area contributed by atoms with Crippen molar-refractivity contribution < 1.29 is 0 Å². The van der Waals surface area contributed by atoms with Gasteiger partial charge in [0.05, 0.1) is 5.52 Å². The Morgan fingerprint density at radius 2 is 1.19 bits per heavy atom. The summed E-state index contributed by atoms with van der Waals surface area (Å²) in [6, 6.07) is 40.1. The van der Waals surface area contributed by atoms with Crippen molar-refractivity contribution in [2.75, 3.05) is 4.81 Å². The molecule has 2 aliphatic heterocycles. The molecule has 8 aromatic rings. The number of hydrogen-bond acceptors (Lipinski definition) is 7. The minimum absolute atomic E-state index is 0.0151. The first-order chi connectivity index (χ1) is 25.8. The van der Waals surface area contributed by atoms with Crippen LogP contribution in [0.2, 0.25) is 0 Å². The Morgan fingerprint density at radius 3 is 1.94 bits per heavy atom. The van der Waals surface area contributed by atoms with Crippen molar-refractivity contribution in [3.05, 3.63) is 171 Å². The molecular formula is C44H28BN7. The van der Waals surface area contributed by atoms with Gasteiger partial charge in [-0.2, -0.15) is 0 Å². The second-order valence-electron chi connectivity index (χ2n) is 12.8. The highest BCUT2D eigenvalue weighted by Crippen LogP contribution is 2.47. The van der Waals surface area contributed by atoms with Crippen molar-refractivity contribution in [1.29, 1.82) is 0 Å². The van der Waals surface area contributed by atoms with E-state index in [0.29, 0.717) is 17.5 Å². The van der Waals surface area contributed by atoms with Crippen LogP contribution in [0, 0.1) is 0 Å². The molecule has 0 amide bonds. The number of para-hydroxylation sites is 1. The van der Waals surface area contributed by atoms with E-state index in [1.54, 1.807) is 24.8 Å². The van der Waals surface area contributed by atoms with E-state index >= 15 is 0 Å². The largest absolute Gasteiger partial charge is 0.383 e. The van der Waals surface area contributed by atoms with Crippen molar-refractivity contribution in [3.63, 3.8) is 0 Å². The third-order valence-electron chi connectivity index (χ3n) is 9.75. The number of rotatable bonds is 5. The standard InChI is InChI=1S/C44H28BN7/c1-2-10-29(11-3-1)31-17-18-38-37(24-31)40-36(35-16-6-12-30-13-9-22-48-41(30)35)25-34(26-39(40)52-23-5-4-19-45(38)52)44-50-42(32-14-7-20-46-27-32)49-43(51-44)33-15-8-21-47-28-33/h1-28H. The van der Waals surface area contributed by atoms with E-state index in [1.807, 2.05) is 36.5 Å². The Hall–Kier alpha value is -7.06. The van der Waals surface area contributed by atoms with Gasteiger partial charge in [0.15, 0.2) is 17.5 Å². The van der Waals surface area contributed by atoms with E-state index in [-0.39, 0.29) is 6.85 Å². The van der Waals surface area contributed by atoms with Crippen LogP contribution in [0.25, 0.3) is 78.4 Å². The minimum Gasteiger partial charge on any atom is -0.383 e. The van der Waals surface area contributed by atoms with Gasteiger partial charge in [-0.1, -0.05) is 78.8 Å². The summed E-state index contributed by atoms with van der Waals surface area (Å²) in [7, 11) is 0. The van der Waals surface area contributed by atoms with Crippen LogP contribution >= 0.6 is 0 Å². The van der Waals surface area contributed by atoms with E-state index in [4.69, 9.17) is 19.9 Å². The van der Waals surface area contributed by atoms with Gasteiger partial charge in [-0.15, -0.1) is 0 Å². The number of benzene rings is 4. The number of hydrogen-bond donors (Lipinski definition) is 0. The number of pyridine rings is 3. The van der Waals surface area contributed by atoms with Crippen molar-refractivity contribution in [2.24, 2.45) is 0 Å². The van der Waals surface area contributed by atoms with E-state index < -0.39 is 0 Å². The van der Waals surface area contributed by atoms with Gasteiger partial charge in [-0.25, -0.2) is 15.0 Å². The molecule has 6 heterocycles. The normalized spacial score (nSPS) is 12.8. The van der Waals surface area contributed by atoms with Crippen LogP contribution in [-0.4, -0.2) is 36.8 Å². The molecule has 0 aliphatic carbocycles. The smallest absolute Gasteiger partial charge is 0.320 e. The van der Waals surface area contributed by atoms with Crippen LogP contribution in [-0.2, 0) is 0 Å². The molecule has 7 nitrogen and oxygen atoms in total. The van der Waals surface area contributed by atoms with Crippen molar-refractivity contribution in [1.82, 2.24) is 29.9 Å². The maximum absolute atomic E-state index is 5.10. The predicted octanol–water partition coefficient (Wildman–Crippen LogP) is 8.85. The maximum Gasteiger partial charge on any atom is 0.320 e. The lowest BCUT2D eigenvalue weighted by Gasteiger charge is -2.38. The zero-order valence-electron chi connectivity index (χ0n) is 27.9. The molecule has 10 rings (SSSR count). The number of nitrogens with zero attached hydrogens (tertiary/aromatic N) is 7. The van der Waals surface area contributed by atoms with Crippen molar-refractivity contribution in [3.8, 4) is 67.5 Å². The Bertz CT molecular complexity index is 2630. The highest BCUT2D eigenvalue weighted by atomic mass is 15.1. The molecule has 4 aromatic carbocycles. The first kappa shape index (κ1) is 29.8. The van der Waals surface area contributed by atoms with Crippen molar-refractivity contribution >= 4 is 28.9 Å². The van der Waals surface area contributed by atoms with Crippen LogP contribution in [0.4, 0.5) is 5.69 Å². The third-order valence-corrected chi connectivity index (χ3v) is 9.75. The summed E-state index contributed by atoms with van der Waals surface area (Å²) >= 11 is 0. The predicted molar refractivity (Wildman–Crippen MR) is 209 cm³/mol. The quantitative estimate of drug-likeness (QED) is 0.170. The molecule has 2 aliphatic rings. The second-order valence-corrected chi connectivity index (χ2v) is 12.8. The lowest BCUT2D eigenvalue weighted by Crippen LogP contribution is -2.49. The highest BCUT2D eigenvalue weighted by Gasteiger charge is 2.35. The van der Waals surface area contributed by atoms with Gasteiger partial charge in [0.2, 0.25) is 0 Å². The molecule has 4 aromatic heterocycles. The van der Waals surface area contributed by atoms with E-state index in [0.717, 1.165) is 50.0 Å². The number of fused-ring (bicyclic) bond motifs is 7. The summed E-state index contributed by atoms with van der Waals surface area (Å²) < 4.78 is 0. The average Bonchev–Trinajstić information content (AvgIpc) is 3.23. The summed E-state index contributed by atoms with van der Waals surface area (Å²) in [6.07, 6.45) is 15.3. The molecule has 0 fully saturated rings. The molecule has 0 N–H and O–H groups in total. The molecule has 0 radical (unpaired) electrons. The molecule has 0 bridgehead atoms. The Kier molecular flexibility index (Phi) is 7.09. The first-order valence-electron chi connectivity index (χ1n) is 17.2. The van der Waals surface area contributed by atoms with Gasteiger partial charge >= 0.3 is 6.85 Å². The van der Waals surface area contributed by atoms with Gasteiger partial charge in [0.25, 0.3) is 0 Å². The SMILES string of the molecule is C1=CB2c3ccc(-c4ccccc4)cc3-c3c(-c4cccc5cccnc45)cc(-c4nc(-c5cccnc5)nc(-c5cccnc5)n4)cc3N2C=C1. The fourth-order valence-electron chi connectivity index (χ4n) is 7.35. The highest BCUT2D eigenvalue weighted by molar-refractivity contribution is 6.84. The minimum atomic E-state index is 0.0151. The zero-order valence-corrected chi connectivity index (χ0v) is 27.9. The average molecular weight is 666 g/mol. The molecule has 0 saturated carbocycles. The van der Waals surface area contributed by atoms with Crippen LogP contribution < -0.4 is 10.3 Å². The maximum atomic E-state index is 5.10. The molecular weight excluding hydrogens is 637 g/mol. The van der Waals surface area contributed by atoms with Gasteiger partial charge in [0.1, 0.15) is 0 Å². The number of aromatic nitrogens is 6. The molecule has 8 heteroatoms. The Labute approximate surface area is 300 Å². The third kappa shape index (κ3) is 5.08. The van der Waals surface area contributed by atoms with E-state index in [2.05, 4.69) is 124 Å². The molecule has 242 valence electrons.